The quantitative estimate of drug-likeness (QED) is 0.800. The van der Waals surface area contributed by atoms with E-state index in [1.165, 1.54) is 12.1 Å². The van der Waals surface area contributed by atoms with E-state index in [2.05, 4.69) is 0 Å². The number of hydrogen-bond acceptors (Lipinski definition) is 4. The smallest absolute Gasteiger partial charge is 0.339 e. The summed E-state index contributed by atoms with van der Waals surface area (Å²) in [4.78, 5) is 0.0454. The fraction of sp³-hybridized carbons (Fsp3) is 0.400. The van der Waals surface area contributed by atoms with Crippen LogP contribution in [0.15, 0.2) is 47.4 Å². The number of hydrogen-bond donors (Lipinski definition) is 1. The average Bonchev–Trinajstić information content (AvgIpc) is 2.45. The molecule has 0 saturated heterocycles. The highest BCUT2D eigenvalue weighted by Crippen LogP contribution is 2.41. The van der Waals surface area contributed by atoms with Gasteiger partial charge in [0, 0.05) is 11.1 Å². The molecule has 2 rings (SSSR count). The van der Waals surface area contributed by atoms with Crippen molar-refractivity contribution in [3.05, 3.63) is 53.6 Å². The van der Waals surface area contributed by atoms with Gasteiger partial charge in [0.05, 0.1) is 0 Å². The molecule has 2 aromatic carbocycles. The molecule has 0 aromatic heterocycles. The summed E-state index contributed by atoms with van der Waals surface area (Å²) >= 11 is 0. The Morgan fingerprint density at radius 3 is 1.68 bits per heavy atom. The van der Waals surface area contributed by atoms with Gasteiger partial charge in [-0.15, -0.1) is 0 Å². The fourth-order valence-corrected chi connectivity index (χ4v) is 3.53. The second-order valence-corrected chi connectivity index (χ2v) is 9.76. The summed E-state index contributed by atoms with van der Waals surface area (Å²) in [5.74, 6) is 0.392. The second-order valence-electron chi connectivity index (χ2n) is 8.22. The van der Waals surface area contributed by atoms with Crippen LogP contribution in [0.25, 0.3) is 0 Å². The van der Waals surface area contributed by atoms with Crippen LogP contribution in [0.1, 0.15) is 52.7 Å². The lowest BCUT2D eigenvalue weighted by molar-refractivity contribution is 0.421. The van der Waals surface area contributed by atoms with E-state index in [4.69, 9.17) is 4.18 Å². The average molecular weight is 362 g/mol. The van der Waals surface area contributed by atoms with Crippen molar-refractivity contribution < 1.29 is 17.7 Å². The molecule has 0 aliphatic heterocycles. The van der Waals surface area contributed by atoms with Crippen LogP contribution < -0.4 is 4.18 Å². The van der Waals surface area contributed by atoms with Gasteiger partial charge in [-0.25, -0.2) is 0 Å². The van der Waals surface area contributed by atoms with E-state index < -0.39 is 20.9 Å². The van der Waals surface area contributed by atoms with Crippen molar-refractivity contribution in [1.29, 1.82) is 0 Å². The zero-order valence-electron chi connectivity index (χ0n) is 15.6. The third-order valence-corrected chi connectivity index (χ3v) is 5.16. The molecule has 5 heteroatoms. The summed E-state index contributed by atoms with van der Waals surface area (Å²) in [7, 11) is -4.01. The van der Waals surface area contributed by atoms with Crippen molar-refractivity contribution in [2.24, 2.45) is 0 Å². The Bertz CT molecular complexity index is 820. The Labute approximate surface area is 150 Å². The molecule has 0 atom stereocenters. The first-order chi connectivity index (χ1) is 11.3. The zero-order chi connectivity index (χ0) is 19.0. The first kappa shape index (κ1) is 19.3. The van der Waals surface area contributed by atoms with Gasteiger partial charge >= 0.3 is 10.1 Å². The van der Waals surface area contributed by atoms with Crippen LogP contribution in [0.5, 0.6) is 11.5 Å². The van der Waals surface area contributed by atoms with Crippen LogP contribution >= 0.6 is 0 Å². The number of phenols is 1. The Hall–Kier alpha value is -2.01. The molecule has 0 unspecified atom stereocenters. The lowest BCUT2D eigenvalue weighted by Gasteiger charge is -2.28. The number of phenolic OH excluding ortho intramolecular Hbond substituents is 1. The van der Waals surface area contributed by atoms with Gasteiger partial charge in [-0.1, -0.05) is 59.7 Å². The predicted octanol–water partition coefficient (Wildman–Crippen LogP) is 4.75. The van der Waals surface area contributed by atoms with Crippen LogP contribution in [-0.4, -0.2) is 13.5 Å². The topological polar surface area (TPSA) is 63.6 Å². The van der Waals surface area contributed by atoms with Crippen molar-refractivity contribution in [2.45, 2.75) is 57.3 Å². The van der Waals surface area contributed by atoms with Gasteiger partial charge in [0.15, 0.2) is 0 Å². The highest BCUT2D eigenvalue weighted by atomic mass is 32.2. The van der Waals surface area contributed by atoms with Gasteiger partial charge < -0.3 is 9.29 Å². The Kier molecular flexibility index (Phi) is 4.92. The molecule has 0 spiro atoms. The summed E-state index contributed by atoms with van der Waals surface area (Å²) in [6.07, 6.45) is 0. The van der Waals surface area contributed by atoms with Crippen LogP contribution in [0, 0.1) is 0 Å². The molecule has 25 heavy (non-hydrogen) atoms. The summed E-state index contributed by atoms with van der Waals surface area (Å²) in [5.41, 5.74) is 0.329. The van der Waals surface area contributed by atoms with Crippen LogP contribution in [-0.2, 0) is 20.9 Å². The van der Waals surface area contributed by atoms with Crippen LogP contribution in [0.2, 0.25) is 0 Å². The van der Waals surface area contributed by atoms with Crippen molar-refractivity contribution >= 4 is 10.1 Å². The summed E-state index contributed by atoms with van der Waals surface area (Å²) in [6.45, 7) is 11.6. The normalized spacial score (nSPS) is 12.9. The molecule has 0 fully saturated rings. The Morgan fingerprint density at radius 1 is 0.840 bits per heavy atom. The van der Waals surface area contributed by atoms with Gasteiger partial charge in [-0.05, 0) is 35.1 Å². The van der Waals surface area contributed by atoms with Gasteiger partial charge in [-0.3, -0.25) is 0 Å². The van der Waals surface area contributed by atoms with E-state index in [1.807, 2.05) is 41.5 Å². The van der Waals surface area contributed by atoms with Gasteiger partial charge in [0.1, 0.15) is 16.4 Å². The molecule has 4 nitrogen and oxygen atoms in total. The lowest BCUT2D eigenvalue weighted by Crippen LogP contribution is -2.20. The Morgan fingerprint density at radius 2 is 1.28 bits per heavy atom. The molecule has 136 valence electrons. The van der Waals surface area contributed by atoms with E-state index >= 15 is 0 Å². The predicted molar refractivity (Wildman–Crippen MR) is 99.8 cm³/mol. The maximum absolute atomic E-state index is 12.8. The minimum absolute atomic E-state index is 0.0454. The molecule has 0 aliphatic carbocycles. The van der Waals surface area contributed by atoms with Crippen molar-refractivity contribution in [2.75, 3.05) is 0 Å². The van der Waals surface area contributed by atoms with Crippen molar-refractivity contribution in [3.63, 3.8) is 0 Å². The zero-order valence-corrected chi connectivity index (χ0v) is 16.4. The molecular formula is C20H26O4S. The highest BCUT2D eigenvalue weighted by Gasteiger charge is 2.30. The van der Waals surface area contributed by atoms with Gasteiger partial charge in [0.25, 0.3) is 0 Å². The second kappa shape index (κ2) is 6.37. The van der Waals surface area contributed by atoms with Crippen LogP contribution in [0.4, 0.5) is 0 Å². The van der Waals surface area contributed by atoms with Crippen LogP contribution in [0.3, 0.4) is 0 Å². The Balaban J connectivity index is 2.65. The van der Waals surface area contributed by atoms with Crippen molar-refractivity contribution in [1.82, 2.24) is 0 Å². The van der Waals surface area contributed by atoms with E-state index in [9.17, 15) is 13.5 Å². The largest absolute Gasteiger partial charge is 0.507 e. The molecule has 0 amide bonds. The molecule has 2 aromatic rings. The third kappa shape index (κ3) is 4.34. The summed E-state index contributed by atoms with van der Waals surface area (Å²) < 4.78 is 30.8. The van der Waals surface area contributed by atoms with E-state index in [1.54, 1.807) is 30.3 Å². The van der Waals surface area contributed by atoms with Crippen molar-refractivity contribution in [3.8, 4) is 11.5 Å². The fourth-order valence-electron chi connectivity index (χ4n) is 2.55. The van der Waals surface area contributed by atoms with Gasteiger partial charge in [-0.2, -0.15) is 8.42 Å². The molecule has 1 N–H and O–H groups in total. The maximum Gasteiger partial charge on any atom is 0.339 e. The minimum atomic E-state index is -4.01. The summed E-state index contributed by atoms with van der Waals surface area (Å²) in [6, 6.07) is 11.4. The van der Waals surface area contributed by atoms with E-state index in [0.29, 0.717) is 11.1 Å². The number of aromatic hydroxyl groups is 1. The lowest BCUT2D eigenvalue weighted by atomic mass is 9.79. The molecule has 0 saturated carbocycles. The number of para-hydroxylation sites is 1. The number of benzene rings is 2. The monoisotopic (exact) mass is 362 g/mol. The standard InChI is InChI=1S/C20H26O4S/c1-19(2,3)16-12-15(13-17(18(16)21)20(4,5)6)25(22,23)24-14-10-8-7-9-11-14/h7-13,21H,1-6H3. The van der Waals surface area contributed by atoms with Gasteiger partial charge in [0.2, 0.25) is 0 Å². The molecular weight excluding hydrogens is 336 g/mol. The molecule has 0 aliphatic rings. The maximum atomic E-state index is 12.8. The molecule has 0 radical (unpaired) electrons. The third-order valence-electron chi connectivity index (χ3n) is 3.94. The molecule has 0 heterocycles. The number of rotatable bonds is 3. The highest BCUT2D eigenvalue weighted by molar-refractivity contribution is 7.87. The first-order valence-corrected chi connectivity index (χ1v) is 9.61. The van der Waals surface area contributed by atoms with E-state index in [0.717, 1.165) is 0 Å². The minimum Gasteiger partial charge on any atom is -0.507 e. The molecule has 0 bridgehead atoms. The van der Waals surface area contributed by atoms with E-state index in [-0.39, 0.29) is 16.4 Å². The SMILES string of the molecule is CC(C)(C)c1cc(S(=O)(=O)Oc2ccccc2)cc(C(C)(C)C)c1O. The summed E-state index contributed by atoms with van der Waals surface area (Å²) in [5, 5.41) is 10.7. The first-order valence-electron chi connectivity index (χ1n) is 8.20.